The lowest BCUT2D eigenvalue weighted by atomic mass is 10.0. The Labute approximate surface area is 87.1 Å². The minimum Gasteiger partial charge on any atom is -0.322 e. The number of Topliss-reactive ketones (excluding diaryl/α,β-unsaturated/α-hetero) is 1. The van der Waals surface area contributed by atoms with Crippen molar-refractivity contribution in [3.63, 3.8) is 0 Å². The van der Waals surface area contributed by atoms with Crippen LogP contribution in [0.1, 0.15) is 18.9 Å². The summed E-state index contributed by atoms with van der Waals surface area (Å²) >= 11 is 0. The van der Waals surface area contributed by atoms with Gasteiger partial charge in [-0.1, -0.05) is 13.0 Å². The first kappa shape index (κ1) is 11.8. The molecule has 1 atom stereocenters. The molecule has 2 nitrogen and oxygen atoms in total. The molecule has 82 valence electrons. The van der Waals surface area contributed by atoms with Gasteiger partial charge in [0.25, 0.3) is 0 Å². The molecule has 1 aromatic carbocycles. The van der Waals surface area contributed by atoms with Gasteiger partial charge in [0.2, 0.25) is 0 Å². The fourth-order valence-corrected chi connectivity index (χ4v) is 1.21. The molecule has 0 spiro atoms. The van der Waals surface area contributed by atoms with Crippen LogP contribution in [0.15, 0.2) is 18.2 Å². The molecule has 4 heteroatoms. The smallest absolute Gasteiger partial charge is 0.159 e. The van der Waals surface area contributed by atoms with Gasteiger partial charge in [-0.3, -0.25) is 4.79 Å². The monoisotopic (exact) mass is 213 g/mol. The van der Waals surface area contributed by atoms with E-state index in [-0.39, 0.29) is 12.2 Å². The fraction of sp³-hybridized carbons (Fsp3) is 0.364. The summed E-state index contributed by atoms with van der Waals surface area (Å²) in [6, 6.07) is 2.89. The van der Waals surface area contributed by atoms with Gasteiger partial charge in [-0.15, -0.1) is 0 Å². The second-order valence-electron chi connectivity index (χ2n) is 3.41. The predicted molar refractivity (Wildman–Crippen MR) is 53.3 cm³/mol. The molecule has 0 heterocycles. The lowest BCUT2D eigenvalue weighted by molar-refractivity contribution is -0.119. The zero-order valence-electron chi connectivity index (χ0n) is 8.47. The maximum Gasteiger partial charge on any atom is 0.159 e. The second kappa shape index (κ2) is 4.98. The van der Waals surface area contributed by atoms with Crippen LogP contribution in [-0.4, -0.2) is 11.8 Å². The summed E-state index contributed by atoms with van der Waals surface area (Å²) < 4.78 is 25.4. The number of carbonyl (C=O) groups is 1. The minimum absolute atomic E-state index is 0.0478. The van der Waals surface area contributed by atoms with Crippen LogP contribution in [0.5, 0.6) is 0 Å². The van der Waals surface area contributed by atoms with E-state index in [1.54, 1.807) is 6.92 Å². The highest BCUT2D eigenvalue weighted by atomic mass is 19.2. The van der Waals surface area contributed by atoms with Gasteiger partial charge in [-0.05, 0) is 24.1 Å². The summed E-state index contributed by atoms with van der Waals surface area (Å²) in [6.07, 6.45) is 0.592. The van der Waals surface area contributed by atoms with E-state index in [1.807, 2.05) is 0 Å². The predicted octanol–water partition coefficient (Wildman–Crippen LogP) is 1.81. The van der Waals surface area contributed by atoms with Crippen LogP contribution < -0.4 is 5.73 Å². The third-order valence-electron chi connectivity index (χ3n) is 2.22. The Bertz CT molecular complexity index is 366. The van der Waals surface area contributed by atoms with Gasteiger partial charge in [-0.25, -0.2) is 8.78 Å². The fourth-order valence-electron chi connectivity index (χ4n) is 1.21. The quantitative estimate of drug-likeness (QED) is 0.828. The van der Waals surface area contributed by atoms with Crippen LogP contribution in [0.4, 0.5) is 8.78 Å². The molecule has 0 aromatic heterocycles. The highest BCUT2D eigenvalue weighted by Crippen LogP contribution is 2.10. The Morgan fingerprint density at radius 1 is 1.40 bits per heavy atom. The third kappa shape index (κ3) is 3.09. The highest BCUT2D eigenvalue weighted by Gasteiger charge is 2.12. The molecule has 1 aromatic rings. The van der Waals surface area contributed by atoms with Crippen LogP contribution in [-0.2, 0) is 11.2 Å². The molecule has 0 saturated carbocycles. The molecule has 0 aliphatic carbocycles. The van der Waals surface area contributed by atoms with E-state index in [0.29, 0.717) is 12.0 Å². The van der Waals surface area contributed by atoms with Crippen molar-refractivity contribution in [3.05, 3.63) is 35.4 Å². The van der Waals surface area contributed by atoms with Gasteiger partial charge in [0.1, 0.15) is 0 Å². The first-order valence-electron chi connectivity index (χ1n) is 4.76. The number of ketones is 1. The lowest BCUT2D eigenvalue weighted by Crippen LogP contribution is -2.30. The first-order valence-corrected chi connectivity index (χ1v) is 4.76. The highest BCUT2D eigenvalue weighted by molar-refractivity contribution is 5.85. The van der Waals surface area contributed by atoms with Crippen LogP contribution in [0.25, 0.3) is 0 Å². The maximum absolute atomic E-state index is 12.8. The Hall–Kier alpha value is -1.29. The number of halogens is 2. The van der Waals surface area contributed by atoms with Crippen molar-refractivity contribution in [3.8, 4) is 0 Å². The zero-order valence-corrected chi connectivity index (χ0v) is 8.47. The Balaban J connectivity index is 2.73. The summed E-state index contributed by atoms with van der Waals surface area (Å²) in [4.78, 5) is 11.4. The summed E-state index contributed by atoms with van der Waals surface area (Å²) in [5.41, 5.74) is 5.96. The van der Waals surface area contributed by atoms with Crippen molar-refractivity contribution >= 4 is 5.78 Å². The van der Waals surface area contributed by atoms with E-state index in [1.165, 1.54) is 6.07 Å². The SMILES string of the molecule is CCC(N)C(=O)Cc1ccc(F)c(F)c1. The molecule has 0 saturated heterocycles. The molecule has 0 fully saturated rings. The van der Waals surface area contributed by atoms with Gasteiger partial charge >= 0.3 is 0 Å². The molecule has 1 rings (SSSR count). The van der Waals surface area contributed by atoms with E-state index in [9.17, 15) is 13.6 Å². The van der Waals surface area contributed by atoms with Crippen molar-refractivity contribution < 1.29 is 13.6 Å². The van der Waals surface area contributed by atoms with Crippen LogP contribution in [0.3, 0.4) is 0 Å². The van der Waals surface area contributed by atoms with Gasteiger partial charge < -0.3 is 5.73 Å². The van der Waals surface area contributed by atoms with E-state index >= 15 is 0 Å². The average Bonchev–Trinajstić information content (AvgIpc) is 2.22. The third-order valence-corrected chi connectivity index (χ3v) is 2.22. The maximum atomic E-state index is 12.8. The molecule has 0 bridgehead atoms. The Morgan fingerprint density at radius 2 is 2.07 bits per heavy atom. The first-order chi connectivity index (χ1) is 7.04. The van der Waals surface area contributed by atoms with E-state index in [4.69, 9.17) is 5.73 Å². The number of nitrogens with two attached hydrogens (primary N) is 1. The van der Waals surface area contributed by atoms with Crippen LogP contribution in [0, 0.1) is 11.6 Å². The molecule has 0 aliphatic heterocycles. The minimum atomic E-state index is -0.939. The number of rotatable bonds is 4. The Morgan fingerprint density at radius 3 is 2.60 bits per heavy atom. The van der Waals surface area contributed by atoms with Crippen molar-refractivity contribution in [1.29, 1.82) is 0 Å². The number of carbonyl (C=O) groups excluding carboxylic acids is 1. The zero-order chi connectivity index (χ0) is 11.4. The molecular weight excluding hydrogens is 200 g/mol. The van der Waals surface area contributed by atoms with Gasteiger partial charge in [0.15, 0.2) is 17.4 Å². The molecule has 2 N–H and O–H groups in total. The normalized spacial score (nSPS) is 12.5. The topological polar surface area (TPSA) is 43.1 Å². The molecular formula is C11H13F2NO. The van der Waals surface area contributed by atoms with Gasteiger partial charge in [0, 0.05) is 6.42 Å². The molecule has 0 radical (unpaired) electrons. The molecule has 15 heavy (non-hydrogen) atoms. The molecule has 0 aliphatic rings. The van der Waals surface area contributed by atoms with Crippen LogP contribution >= 0.6 is 0 Å². The van der Waals surface area contributed by atoms with E-state index in [0.717, 1.165) is 12.1 Å². The summed E-state index contributed by atoms with van der Waals surface area (Å²) in [6.45, 7) is 1.80. The van der Waals surface area contributed by atoms with Crippen molar-refractivity contribution in [1.82, 2.24) is 0 Å². The Kier molecular flexibility index (Phi) is 3.91. The summed E-state index contributed by atoms with van der Waals surface area (Å²) in [5.74, 6) is -2.01. The number of hydrogen-bond donors (Lipinski definition) is 1. The summed E-state index contributed by atoms with van der Waals surface area (Å²) in [7, 11) is 0. The van der Waals surface area contributed by atoms with Crippen LogP contribution in [0.2, 0.25) is 0 Å². The number of hydrogen-bond acceptors (Lipinski definition) is 2. The van der Waals surface area contributed by atoms with Gasteiger partial charge in [0.05, 0.1) is 6.04 Å². The van der Waals surface area contributed by atoms with E-state index < -0.39 is 17.7 Å². The molecule has 0 amide bonds. The lowest BCUT2D eigenvalue weighted by Gasteiger charge is -2.07. The van der Waals surface area contributed by atoms with Crippen molar-refractivity contribution in [2.24, 2.45) is 5.73 Å². The summed E-state index contributed by atoms with van der Waals surface area (Å²) in [5, 5.41) is 0. The molecule has 1 unspecified atom stereocenters. The standard InChI is InChI=1S/C11H13F2NO/c1-2-10(14)11(15)6-7-3-4-8(12)9(13)5-7/h3-5,10H,2,6,14H2,1H3. The van der Waals surface area contributed by atoms with Crippen molar-refractivity contribution in [2.75, 3.05) is 0 Å². The van der Waals surface area contributed by atoms with E-state index in [2.05, 4.69) is 0 Å². The average molecular weight is 213 g/mol. The van der Waals surface area contributed by atoms with Crippen molar-refractivity contribution in [2.45, 2.75) is 25.8 Å². The largest absolute Gasteiger partial charge is 0.322 e. The number of benzene rings is 1. The second-order valence-corrected chi connectivity index (χ2v) is 3.41. The van der Waals surface area contributed by atoms with Gasteiger partial charge in [-0.2, -0.15) is 0 Å².